The molecule has 0 aliphatic rings. The van der Waals surface area contributed by atoms with E-state index in [0.29, 0.717) is 34.2 Å². The largest absolute Gasteiger partial charge is 0.309 e. The Bertz CT molecular complexity index is 4080. The van der Waals surface area contributed by atoms with E-state index in [-0.39, 0.29) is 21.7 Å². The predicted octanol–water partition coefficient (Wildman–Crippen LogP) is 17.7. The maximum absolute atomic E-state index is 11.1. The minimum absolute atomic E-state index is 0.0453. The smallest absolute Gasteiger partial charge is 0.164 e. The molecule has 0 aliphatic heterocycles. The molecule has 76 heavy (non-hydrogen) atoms. The predicted molar refractivity (Wildman–Crippen MR) is 314 cm³/mol. The summed E-state index contributed by atoms with van der Waals surface area (Å²) in [5, 5.41) is 26.4. The summed E-state index contributed by atoms with van der Waals surface area (Å²) in [4.78, 5) is 15.6. The monoisotopic (exact) mass is 990 g/mol. The lowest BCUT2D eigenvalue weighted by Crippen LogP contribution is -2.10. The first-order chi connectivity index (χ1) is 36.1. The number of rotatable bonds is 6. The van der Waals surface area contributed by atoms with Gasteiger partial charge in [-0.2, -0.15) is 10.5 Å². The molecule has 0 N–H and O–H groups in total. The molecule has 0 amide bonds. The number of nitrogens with zero attached hydrogens (tertiary/aromatic N) is 7. The molecule has 7 nitrogen and oxygen atoms in total. The van der Waals surface area contributed by atoms with Gasteiger partial charge in [-0.25, -0.2) is 15.0 Å². The van der Waals surface area contributed by atoms with Gasteiger partial charge < -0.3 is 9.13 Å². The van der Waals surface area contributed by atoms with Crippen molar-refractivity contribution in [1.82, 2.24) is 24.1 Å². The van der Waals surface area contributed by atoms with Gasteiger partial charge in [0.25, 0.3) is 0 Å². The van der Waals surface area contributed by atoms with Crippen LogP contribution in [0.25, 0.3) is 100 Å². The van der Waals surface area contributed by atoms with Crippen LogP contribution in [0.15, 0.2) is 164 Å². The maximum Gasteiger partial charge on any atom is 0.164 e. The molecule has 11 rings (SSSR count). The fourth-order valence-electron chi connectivity index (χ4n) is 10.6. The average Bonchev–Trinajstić information content (AvgIpc) is 4.02. The second-order valence-electron chi connectivity index (χ2n) is 24.5. The van der Waals surface area contributed by atoms with Crippen molar-refractivity contribution >= 4 is 43.6 Å². The third-order valence-corrected chi connectivity index (χ3v) is 15.1. The summed E-state index contributed by atoms with van der Waals surface area (Å²) in [6, 6.07) is 62.3. The minimum atomic E-state index is -0.0527. The van der Waals surface area contributed by atoms with Gasteiger partial charge >= 0.3 is 0 Å². The third-order valence-electron chi connectivity index (χ3n) is 15.1. The number of fused-ring (bicyclic) bond motifs is 6. The summed E-state index contributed by atoms with van der Waals surface area (Å²) < 4.78 is 4.58. The number of hydrogen-bond acceptors (Lipinski definition) is 5. The van der Waals surface area contributed by atoms with E-state index in [1.54, 1.807) is 0 Å². The summed E-state index contributed by atoms with van der Waals surface area (Å²) >= 11 is 0. The molecule has 0 saturated carbocycles. The van der Waals surface area contributed by atoms with Crippen LogP contribution in [-0.2, 0) is 21.7 Å². The molecule has 3 heterocycles. The van der Waals surface area contributed by atoms with Crippen molar-refractivity contribution in [1.29, 1.82) is 10.5 Å². The summed E-state index contributed by atoms with van der Waals surface area (Å²) in [7, 11) is 0. The van der Waals surface area contributed by atoms with Crippen LogP contribution in [0, 0.1) is 22.7 Å². The van der Waals surface area contributed by atoms with Gasteiger partial charge in [0.2, 0.25) is 0 Å². The van der Waals surface area contributed by atoms with Crippen molar-refractivity contribution in [3.05, 3.63) is 197 Å². The number of aromatic nitrogens is 5. The highest BCUT2D eigenvalue weighted by Crippen LogP contribution is 2.43. The van der Waals surface area contributed by atoms with E-state index >= 15 is 0 Å². The fourth-order valence-corrected chi connectivity index (χ4v) is 10.6. The maximum atomic E-state index is 11.1. The molecule has 0 aliphatic carbocycles. The normalized spacial score (nSPS) is 12.4. The van der Waals surface area contributed by atoms with Crippen molar-refractivity contribution in [2.24, 2.45) is 0 Å². The topological polar surface area (TPSA) is 96.1 Å². The summed E-state index contributed by atoms with van der Waals surface area (Å²) in [5.41, 5.74) is 15.8. The van der Waals surface area contributed by atoms with E-state index in [2.05, 4.69) is 195 Å². The lowest BCUT2D eigenvalue weighted by Gasteiger charge is -2.20. The highest BCUT2D eigenvalue weighted by Gasteiger charge is 2.26. The Morgan fingerprint density at radius 3 is 1.12 bits per heavy atom. The van der Waals surface area contributed by atoms with Gasteiger partial charge in [0, 0.05) is 49.4 Å². The number of hydrogen-bond donors (Lipinski definition) is 0. The van der Waals surface area contributed by atoms with Gasteiger partial charge in [-0.3, -0.25) is 0 Å². The highest BCUT2D eigenvalue weighted by molar-refractivity contribution is 6.11. The first-order valence-corrected chi connectivity index (χ1v) is 26.3. The second kappa shape index (κ2) is 18.0. The third kappa shape index (κ3) is 8.70. The molecular formula is C69H63N7. The fraction of sp³-hybridized carbons (Fsp3) is 0.232. The molecule has 3 aromatic heterocycles. The molecule has 374 valence electrons. The lowest BCUT2D eigenvalue weighted by molar-refractivity contribution is 0.590. The second-order valence-corrected chi connectivity index (χ2v) is 24.5. The van der Waals surface area contributed by atoms with E-state index in [1.807, 2.05) is 72.8 Å². The number of nitriles is 2. The van der Waals surface area contributed by atoms with E-state index in [1.165, 1.54) is 33.0 Å². The van der Waals surface area contributed by atoms with E-state index in [4.69, 9.17) is 15.0 Å². The summed E-state index contributed by atoms with van der Waals surface area (Å²) in [6.45, 7) is 27.0. The molecule has 0 unspecified atom stereocenters. The Balaban J connectivity index is 1.12. The van der Waals surface area contributed by atoms with E-state index < -0.39 is 0 Å². The Morgan fingerprint density at radius 1 is 0.329 bits per heavy atom. The first-order valence-electron chi connectivity index (χ1n) is 26.3. The molecule has 11 aromatic rings. The van der Waals surface area contributed by atoms with Gasteiger partial charge in [-0.1, -0.05) is 156 Å². The first kappa shape index (κ1) is 49.6. The van der Waals surface area contributed by atoms with Crippen molar-refractivity contribution in [2.75, 3.05) is 0 Å². The van der Waals surface area contributed by atoms with Crippen LogP contribution in [0.3, 0.4) is 0 Å². The molecule has 0 fully saturated rings. The number of benzene rings is 8. The molecule has 0 radical (unpaired) electrons. The molecular weight excluding hydrogens is 927 g/mol. The minimum Gasteiger partial charge on any atom is -0.309 e. The SMILES string of the molecule is CC(C)(C)c1ccc2c(c1)c1cc(C(C)(C)C)ccc1n2-c1ccc(-c2nc(-c3ccccc3)nc(-c3ccc(-n4c5ccc(C(C)(C)C)cc5c5cc(C(C)(C)C)ccc54)c(-c4ccccc4C#N)c3)n2)cc1C#N. The van der Waals surface area contributed by atoms with Crippen molar-refractivity contribution in [3.63, 3.8) is 0 Å². The van der Waals surface area contributed by atoms with Crippen molar-refractivity contribution < 1.29 is 0 Å². The quantitative estimate of drug-likeness (QED) is 0.165. The zero-order valence-corrected chi connectivity index (χ0v) is 45.7. The van der Waals surface area contributed by atoms with Gasteiger partial charge in [-0.15, -0.1) is 0 Å². The Labute approximate surface area is 446 Å². The molecule has 0 bridgehead atoms. The van der Waals surface area contributed by atoms with Crippen LogP contribution >= 0.6 is 0 Å². The van der Waals surface area contributed by atoms with Gasteiger partial charge in [-0.05, 0) is 135 Å². The van der Waals surface area contributed by atoms with Gasteiger partial charge in [0.05, 0.1) is 50.6 Å². The average molecular weight is 990 g/mol. The Hall–Kier alpha value is -8.65. The standard InChI is InChI=1S/C69H63N7/c1-66(2,3)47-24-30-59-53(36-47)54-37-48(67(4,5)6)25-31-60(54)75(59)57-28-22-43(34-46(57)41-71)64-72-63(42-18-14-13-15-19-42)73-65(74-64)44-23-29-58(52(35-44)51-21-17-16-20-45(51)40-70)76-61-32-26-49(68(7,8)9)38-55(61)56-39-50(69(10,11)12)27-33-62(56)76/h13-39H,1-12H3. The van der Waals surface area contributed by atoms with Crippen LogP contribution in [0.4, 0.5) is 0 Å². The van der Waals surface area contributed by atoms with Gasteiger partial charge in [0.1, 0.15) is 6.07 Å². The van der Waals surface area contributed by atoms with Crippen LogP contribution in [0.1, 0.15) is 116 Å². The molecule has 0 spiro atoms. The molecule has 0 atom stereocenters. The Morgan fingerprint density at radius 2 is 0.697 bits per heavy atom. The van der Waals surface area contributed by atoms with Crippen molar-refractivity contribution in [2.45, 2.75) is 105 Å². The van der Waals surface area contributed by atoms with Crippen molar-refractivity contribution in [3.8, 4) is 68.8 Å². The Kier molecular flexibility index (Phi) is 11.8. The van der Waals surface area contributed by atoms with E-state index in [9.17, 15) is 10.5 Å². The van der Waals surface area contributed by atoms with Crippen LogP contribution in [0.2, 0.25) is 0 Å². The summed E-state index contributed by atoms with van der Waals surface area (Å²) in [6.07, 6.45) is 0. The zero-order chi connectivity index (χ0) is 53.6. The molecule has 0 saturated heterocycles. The zero-order valence-electron chi connectivity index (χ0n) is 45.7. The van der Waals surface area contributed by atoms with Crippen LogP contribution in [-0.4, -0.2) is 24.1 Å². The molecule has 8 aromatic carbocycles. The highest BCUT2D eigenvalue weighted by atomic mass is 15.0. The lowest BCUT2D eigenvalue weighted by atomic mass is 9.85. The van der Waals surface area contributed by atoms with Crippen LogP contribution < -0.4 is 0 Å². The molecule has 7 heteroatoms. The van der Waals surface area contributed by atoms with Crippen LogP contribution in [0.5, 0.6) is 0 Å². The summed E-state index contributed by atoms with van der Waals surface area (Å²) in [5.74, 6) is 1.41. The van der Waals surface area contributed by atoms with E-state index in [0.717, 1.165) is 66.5 Å². The van der Waals surface area contributed by atoms with Gasteiger partial charge in [0.15, 0.2) is 17.5 Å².